The third-order valence-electron chi connectivity index (χ3n) is 2.10. The first-order valence-electron chi connectivity index (χ1n) is 5.03. The maximum Gasteiger partial charge on any atom is 0.488 e. The second-order valence-corrected chi connectivity index (χ2v) is 3.38. The predicted octanol–water partition coefficient (Wildman–Crippen LogP) is 1.18. The Balaban J connectivity index is 2.19. The fourth-order valence-electron chi connectivity index (χ4n) is 1.28. The molecule has 2 rings (SSSR count). The Morgan fingerprint density at radius 1 is 1.00 bits per heavy atom. The van der Waals surface area contributed by atoms with Crippen LogP contribution in [0.4, 0.5) is 11.4 Å². The molecule has 0 saturated carbocycles. The van der Waals surface area contributed by atoms with Crippen LogP contribution in [0.5, 0.6) is 0 Å². The summed E-state index contributed by atoms with van der Waals surface area (Å²) in [6, 6.07) is 10.1. The van der Waals surface area contributed by atoms with Gasteiger partial charge in [0, 0.05) is 6.20 Å². The standard InChI is InChI=1S/C11H10BN3O2/c16-12(17)9-3-1-4-10(7-9)14-15-11-5-2-6-13-8-11/h1-8,16-17H/b15-14+. The molecule has 1 heterocycles. The van der Waals surface area contributed by atoms with Gasteiger partial charge in [-0.2, -0.15) is 5.11 Å². The first kappa shape index (κ1) is 11.4. The third kappa shape index (κ3) is 3.20. The maximum absolute atomic E-state index is 9.01. The number of benzene rings is 1. The van der Waals surface area contributed by atoms with Crippen molar-refractivity contribution in [2.45, 2.75) is 0 Å². The van der Waals surface area contributed by atoms with E-state index in [0.717, 1.165) is 0 Å². The van der Waals surface area contributed by atoms with E-state index < -0.39 is 7.12 Å². The molecule has 0 fully saturated rings. The van der Waals surface area contributed by atoms with E-state index in [1.807, 2.05) is 0 Å². The first-order valence-corrected chi connectivity index (χ1v) is 5.03. The number of hydrogen-bond acceptors (Lipinski definition) is 5. The molecule has 17 heavy (non-hydrogen) atoms. The Kier molecular flexibility index (Phi) is 3.59. The minimum Gasteiger partial charge on any atom is -0.423 e. The predicted molar refractivity (Wildman–Crippen MR) is 64.7 cm³/mol. The summed E-state index contributed by atoms with van der Waals surface area (Å²) in [4.78, 5) is 3.91. The highest BCUT2D eigenvalue weighted by Gasteiger charge is 2.10. The lowest BCUT2D eigenvalue weighted by Gasteiger charge is -1.99. The van der Waals surface area contributed by atoms with E-state index in [0.29, 0.717) is 16.8 Å². The maximum atomic E-state index is 9.01. The lowest BCUT2D eigenvalue weighted by atomic mass is 9.80. The van der Waals surface area contributed by atoms with Gasteiger partial charge in [-0.15, -0.1) is 5.11 Å². The quantitative estimate of drug-likeness (QED) is 0.610. The minimum atomic E-state index is -1.50. The Labute approximate surface area is 98.6 Å². The van der Waals surface area contributed by atoms with Gasteiger partial charge in [0.25, 0.3) is 0 Å². The summed E-state index contributed by atoms with van der Waals surface area (Å²) in [5.41, 5.74) is 1.58. The molecule has 6 heteroatoms. The summed E-state index contributed by atoms with van der Waals surface area (Å²) < 4.78 is 0. The van der Waals surface area contributed by atoms with Gasteiger partial charge in [0.05, 0.1) is 11.9 Å². The van der Waals surface area contributed by atoms with E-state index in [2.05, 4.69) is 15.2 Å². The molecule has 0 aliphatic carbocycles. The van der Waals surface area contributed by atoms with Crippen LogP contribution in [0.1, 0.15) is 0 Å². The number of aromatic nitrogens is 1. The van der Waals surface area contributed by atoms with Gasteiger partial charge in [-0.1, -0.05) is 12.1 Å². The van der Waals surface area contributed by atoms with Gasteiger partial charge in [-0.05, 0) is 29.7 Å². The molecule has 1 aromatic carbocycles. The van der Waals surface area contributed by atoms with Crippen molar-refractivity contribution in [1.29, 1.82) is 0 Å². The van der Waals surface area contributed by atoms with E-state index in [1.54, 1.807) is 48.8 Å². The molecular formula is C11H10BN3O2. The summed E-state index contributed by atoms with van der Waals surface area (Å²) in [6.07, 6.45) is 3.25. The molecule has 5 nitrogen and oxygen atoms in total. The molecule has 0 saturated heterocycles. The fourth-order valence-corrected chi connectivity index (χ4v) is 1.28. The molecular weight excluding hydrogens is 217 g/mol. The molecule has 0 bridgehead atoms. The zero-order valence-electron chi connectivity index (χ0n) is 8.93. The van der Waals surface area contributed by atoms with Crippen LogP contribution in [0.2, 0.25) is 0 Å². The van der Waals surface area contributed by atoms with E-state index >= 15 is 0 Å². The van der Waals surface area contributed by atoms with Gasteiger partial charge < -0.3 is 10.0 Å². The largest absolute Gasteiger partial charge is 0.488 e. The van der Waals surface area contributed by atoms with Crippen LogP contribution in [-0.2, 0) is 0 Å². The van der Waals surface area contributed by atoms with Crippen LogP contribution in [0.15, 0.2) is 59.0 Å². The molecule has 0 aliphatic heterocycles. The normalized spacial score (nSPS) is 10.7. The Morgan fingerprint density at radius 3 is 2.47 bits per heavy atom. The lowest BCUT2D eigenvalue weighted by Crippen LogP contribution is -2.29. The Morgan fingerprint density at radius 2 is 1.76 bits per heavy atom. The number of rotatable bonds is 3. The molecule has 0 spiro atoms. The third-order valence-corrected chi connectivity index (χ3v) is 2.10. The summed E-state index contributed by atoms with van der Waals surface area (Å²) in [6.45, 7) is 0. The second kappa shape index (κ2) is 5.33. The Bertz CT molecular complexity index is 517. The van der Waals surface area contributed by atoms with Crippen molar-refractivity contribution in [2.75, 3.05) is 0 Å². The molecule has 0 radical (unpaired) electrons. The fraction of sp³-hybridized carbons (Fsp3) is 0. The van der Waals surface area contributed by atoms with Crippen molar-refractivity contribution >= 4 is 24.0 Å². The average Bonchev–Trinajstić information content (AvgIpc) is 2.38. The van der Waals surface area contributed by atoms with Crippen molar-refractivity contribution in [3.8, 4) is 0 Å². The molecule has 0 amide bonds. The van der Waals surface area contributed by atoms with Gasteiger partial charge in [-0.3, -0.25) is 4.98 Å². The van der Waals surface area contributed by atoms with Crippen LogP contribution < -0.4 is 5.46 Å². The first-order chi connectivity index (χ1) is 8.25. The van der Waals surface area contributed by atoms with Crippen molar-refractivity contribution in [2.24, 2.45) is 10.2 Å². The summed E-state index contributed by atoms with van der Waals surface area (Å²) in [7, 11) is -1.50. The lowest BCUT2D eigenvalue weighted by molar-refractivity contribution is 0.426. The SMILES string of the molecule is OB(O)c1cccc(/N=N/c2cccnc2)c1. The average molecular weight is 227 g/mol. The molecule has 0 atom stereocenters. The topological polar surface area (TPSA) is 78.1 Å². The summed E-state index contributed by atoms with van der Waals surface area (Å²) in [5.74, 6) is 0. The number of pyridine rings is 1. The van der Waals surface area contributed by atoms with Crippen LogP contribution in [-0.4, -0.2) is 22.2 Å². The van der Waals surface area contributed by atoms with Crippen molar-refractivity contribution in [3.05, 3.63) is 48.8 Å². The molecule has 2 aromatic rings. The monoisotopic (exact) mass is 227 g/mol. The van der Waals surface area contributed by atoms with Crippen molar-refractivity contribution in [3.63, 3.8) is 0 Å². The van der Waals surface area contributed by atoms with Gasteiger partial charge in [0.2, 0.25) is 0 Å². The van der Waals surface area contributed by atoms with Crippen LogP contribution in [0, 0.1) is 0 Å². The summed E-state index contributed by atoms with van der Waals surface area (Å²) >= 11 is 0. The van der Waals surface area contributed by atoms with Gasteiger partial charge in [0.15, 0.2) is 0 Å². The highest BCUT2D eigenvalue weighted by molar-refractivity contribution is 6.58. The van der Waals surface area contributed by atoms with Gasteiger partial charge in [0.1, 0.15) is 5.69 Å². The number of hydrogen-bond donors (Lipinski definition) is 2. The molecule has 2 N–H and O–H groups in total. The van der Waals surface area contributed by atoms with Crippen LogP contribution >= 0.6 is 0 Å². The van der Waals surface area contributed by atoms with E-state index in [1.165, 1.54) is 0 Å². The molecule has 84 valence electrons. The smallest absolute Gasteiger partial charge is 0.423 e. The molecule has 0 unspecified atom stereocenters. The minimum absolute atomic E-state index is 0.382. The van der Waals surface area contributed by atoms with E-state index in [-0.39, 0.29) is 0 Å². The van der Waals surface area contributed by atoms with E-state index in [9.17, 15) is 0 Å². The van der Waals surface area contributed by atoms with Crippen molar-refractivity contribution in [1.82, 2.24) is 4.98 Å². The zero-order chi connectivity index (χ0) is 12.1. The van der Waals surface area contributed by atoms with Crippen LogP contribution in [0.3, 0.4) is 0 Å². The molecule has 0 aliphatic rings. The Hall–Kier alpha value is -2.05. The number of nitrogens with zero attached hydrogens (tertiary/aromatic N) is 3. The summed E-state index contributed by atoms with van der Waals surface area (Å²) in [5, 5.41) is 26.0. The van der Waals surface area contributed by atoms with Gasteiger partial charge in [-0.25, -0.2) is 0 Å². The van der Waals surface area contributed by atoms with E-state index in [4.69, 9.17) is 10.0 Å². The second-order valence-electron chi connectivity index (χ2n) is 3.38. The highest BCUT2D eigenvalue weighted by Crippen LogP contribution is 2.15. The van der Waals surface area contributed by atoms with Crippen molar-refractivity contribution < 1.29 is 10.0 Å². The number of azo groups is 1. The molecule has 1 aromatic heterocycles. The highest BCUT2D eigenvalue weighted by atomic mass is 16.4. The zero-order valence-corrected chi connectivity index (χ0v) is 8.93. The van der Waals surface area contributed by atoms with Gasteiger partial charge >= 0.3 is 7.12 Å². The van der Waals surface area contributed by atoms with Crippen LogP contribution in [0.25, 0.3) is 0 Å².